The van der Waals surface area contributed by atoms with Gasteiger partial charge in [-0.1, -0.05) is 25.1 Å². The van der Waals surface area contributed by atoms with E-state index in [1.54, 1.807) is 0 Å². The van der Waals surface area contributed by atoms with Crippen molar-refractivity contribution in [2.75, 3.05) is 19.0 Å². The van der Waals surface area contributed by atoms with Gasteiger partial charge in [-0.2, -0.15) is 0 Å². The third-order valence-corrected chi connectivity index (χ3v) is 4.80. The van der Waals surface area contributed by atoms with Gasteiger partial charge in [-0.05, 0) is 42.3 Å². The van der Waals surface area contributed by atoms with Gasteiger partial charge in [-0.25, -0.2) is 0 Å². The van der Waals surface area contributed by atoms with E-state index in [0.717, 1.165) is 36.9 Å². The van der Waals surface area contributed by atoms with Gasteiger partial charge in [-0.15, -0.1) is 11.8 Å². The Labute approximate surface area is 130 Å². The monoisotopic (exact) mass is 300 g/mol. The summed E-state index contributed by atoms with van der Waals surface area (Å²) in [4.78, 5) is 1.40. The molecular formula is C18H20O2S. The first-order valence-corrected chi connectivity index (χ1v) is 8.42. The minimum absolute atomic E-state index is 0.488. The van der Waals surface area contributed by atoms with Crippen molar-refractivity contribution in [1.29, 1.82) is 0 Å². The Morgan fingerprint density at radius 1 is 1.00 bits per heavy atom. The van der Waals surface area contributed by atoms with Gasteiger partial charge in [-0.3, -0.25) is 0 Å². The lowest BCUT2D eigenvalue weighted by Crippen LogP contribution is -2.09. The molecule has 3 rings (SSSR count). The molecule has 0 bridgehead atoms. The van der Waals surface area contributed by atoms with Crippen molar-refractivity contribution in [3.05, 3.63) is 54.1 Å². The molecule has 1 unspecified atom stereocenters. The smallest absolute Gasteiger partial charge is 0.119 e. The summed E-state index contributed by atoms with van der Waals surface area (Å²) in [7, 11) is 0. The van der Waals surface area contributed by atoms with Gasteiger partial charge in [0.25, 0.3) is 0 Å². The zero-order valence-corrected chi connectivity index (χ0v) is 13.1. The highest BCUT2D eigenvalue weighted by Gasteiger charge is 2.23. The van der Waals surface area contributed by atoms with Crippen LogP contribution in [0.3, 0.4) is 0 Å². The van der Waals surface area contributed by atoms with Gasteiger partial charge in [0.15, 0.2) is 0 Å². The number of ether oxygens (including phenoxy) is 2. The maximum absolute atomic E-state index is 5.94. The number of rotatable bonds is 6. The molecule has 1 aliphatic heterocycles. The first-order chi connectivity index (χ1) is 10.4. The zero-order valence-electron chi connectivity index (χ0n) is 12.2. The van der Waals surface area contributed by atoms with E-state index in [0.29, 0.717) is 5.92 Å². The van der Waals surface area contributed by atoms with E-state index in [4.69, 9.17) is 9.47 Å². The van der Waals surface area contributed by atoms with Crippen LogP contribution in [0.1, 0.15) is 24.8 Å². The Bertz CT molecular complexity index is 580. The van der Waals surface area contributed by atoms with Crippen LogP contribution in [-0.2, 0) is 0 Å². The largest absolute Gasteiger partial charge is 0.494 e. The SMILES string of the molecule is CCCOc1ccc(OCC2CSc3ccccc32)cc1. The first-order valence-electron chi connectivity index (χ1n) is 7.44. The quantitative estimate of drug-likeness (QED) is 0.767. The predicted octanol–water partition coefficient (Wildman–Crippen LogP) is 4.74. The Hall–Kier alpha value is -1.61. The summed E-state index contributed by atoms with van der Waals surface area (Å²) in [6.45, 7) is 3.60. The maximum atomic E-state index is 5.94. The second-order valence-corrected chi connectivity index (χ2v) is 6.24. The zero-order chi connectivity index (χ0) is 14.5. The molecule has 0 N–H and O–H groups in total. The van der Waals surface area contributed by atoms with Crippen LogP contribution in [0.4, 0.5) is 0 Å². The van der Waals surface area contributed by atoms with Gasteiger partial charge < -0.3 is 9.47 Å². The van der Waals surface area contributed by atoms with Crippen LogP contribution >= 0.6 is 11.8 Å². The highest BCUT2D eigenvalue weighted by atomic mass is 32.2. The van der Waals surface area contributed by atoms with E-state index in [2.05, 4.69) is 31.2 Å². The number of benzene rings is 2. The molecule has 0 aliphatic carbocycles. The van der Waals surface area contributed by atoms with Gasteiger partial charge in [0.05, 0.1) is 13.2 Å². The molecule has 0 fully saturated rings. The molecule has 0 amide bonds. The van der Waals surface area contributed by atoms with Crippen LogP contribution in [0.15, 0.2) is 53.4 Å². The molecule has 2 aromatic rings. The van der Waals surface area contributed by atoms with Crippen LogP contribution in [0, 0.1) is 0 Å². The number of thioether (sulfide) groups is 1. The summed E-state index contributed by atoms with van der Waals surface area (Å²) in [5.41, 5.74) is 1.42. The van der Waals surface area contributed by atoms with Gasteiger partial charge in [0, 0.05) is 16.6 Å². The van der Waals surface area contributed by atoms with E-state index >= 15 is 0 Å². The fraction of sp³-hybridized carbons (Fsp3) is 0.333. The van der Waals surface area contributed by atoms with Crippen LogP contribution in [0.5, 0.6) is 11.5 Å². The van der Waals surface area contributed by atoms with E-state index in [-0.39, 0.29) is 0 Å². The van der Waals surface area contributed by atoms with Crippen molar-refractivity contribution < 1.29 is 9.47 Å². The standard InChI is InChI=1S/C18H20O2S/c1-2-11-19-15-7-9-16(10-8-15)20-12-14-13-21-18-6-4-3-5-17(14)18/h3-10,14H,2,11-13H2,1H3. The first kappa shape index (κ1) is 14.3. The van der Waals surface area contributed by atoms with Crippen molar-refractivity contribution >= 4 is 11.8 Å². The Morgan fingerprint density at radius 2 is 1.71 bits per heavy atom. The molecule has 0 saturated heterocycles. The lowest BCUT2D eigenvalue weighted by Gasteiger charge is -2.13. The van der Waals surface area contributed by atoms with Crippen LogP contribution in [-0.4, -0.2) is 19.0 Å². The summed E-state index contributed by atoms with van der Waals surface area (Å²) < 4.78 is 11.5. The molecule has 1 atom stereocenters. The Balaban J connectivity index is 1.56. The molecule has 2 nitrogen and oxygen atoms in total. The molecule has 110 valence electrons. The van der Waals surface area contributed by atoms with Crippen molar-refractivity contribution in [2.45, 2.75) is 24.2 Å². The minimum Gasteiger partial charge on any atom is -0.494 e. The molecule has 3 heteroatoms. The summed E-state index contributed by atoms with van der Waals surface area (Å²) >= 11 is 1.92. The van der Waals surface area contributed by atoms with Crippen molar-refractivity contribution in [1.82, 2.24) is 0 Å². The molecular weight excluding hydrogens is 280 g/mol. The maximum Gasteiger partial charge on any atom is 0.119 e. The number of hydrogen-bond acceptors (Lipinski definition) is 3. The van der Waals surface area contributed by atoms with Crippen LogP contribution in [0.2, 0.25) is 0 Å². The normalized spacial score (nSPS) is 16.5. The average Bonchev–Trinajstić information content (AvgIpc) is 2.95. The lowest BCUT2D eigenvalue weighted by molar-refractivity contribution is 0.295. The summed E-state index contributed by atoms with van der Waals surface area (Å²) in [5, 5.41) is 0. The molecule has 0 spiro atoms. The van der Waals surface area contributed by atoms with E-state index in [9.17, 15) is 0 Å². The van der Waals surface area contributed by atoms with E-state index in [1.807, 2.05) is 36.0 Å². The summed E-state index contributed by atoms with van der Waals surface area (Å²) in [6.07, 6.45) is 1.02. The summed E-state index contributed by atoms with van der Waals surface area (Å²) in [5.74, 6) is 3.42. The van der Waals surface area contributed by atoms with E-state index in [1.165, 1.54) is 10.5 Å². The Morgan fingerprint density at radius 3 is 2.48 bits per heavy atom. The molecule has 0 saturated carbocycles. The van der Waals surface area contributed by atoms with Crippen LogP contribution in [0.25, 0.3) is 0 Å². The number of fused-ring (bicyclic) bond motifs is 1. The highest BCUT2D eigenvalue weighted by Crippen LogP contribution is 2.39. The van der Waals surface area contributed by atoms with Gasteiger partial charge in [0.1, 0.15) is 11.5 Å². The molecule has 21 heavy (non-hydrogen) atoms. The number of hydrogen-bond donors (Lipinski definition) is 0. The molecule has 1 heterocycles. The second kappa shape index (κ2) is 6.90. The average molecular weight is 300 g/mol. The lowest BCUT2D eigenvalue weighted by atomic mass is 10.0. The minimum atomic E-state index is 0.488. The molecule has 2 aromatic carbocycles. The predicted molar refractivity (Wildman–Crippen MR) is 87.6 cm³/mol. The van der Waals surface area contributed by atoms with E-state index < -0.39 is 0 Å². The molecule has 0 radical (unpaired) electrons. The second-order valence-electron chi connectivity index (χ2n) is 5.18. The van der Waals surface area contributed by atoms with Gasteiger partial charge >= 0.3 is 0 Å². The fourth-order valence-electron chi connectivity index (χ4n) is 2.42. The third kappa shape index (κ3) is 3.53. The topological polar surface area (TPSA) is 18.5 Å². The fourth-order valence-corrected chi connectivity index (χ4v) is 3.65. The van der Waals surface area contributed by atoms with Crippen molar-refractivity contribution in [2.24, 2.45) is 0 Å². The Kier molecular flexibility index (Phi) is 4.71. The molecule has 0 aromatic heterocycles. The summed E-state index contributed by atoms with van der Waals surface area (Å²) in [6, 6.07) is 16.5. The van der Waals surface area contributed by atoms with Crippen molar-refractivity contribution in [3.63, 3.8) is 0 Å². The van der Waals surface area contributed by atoms with Gasteiger partial charge in [0.2, 0.25) is 0 Å². The third-order valence-electron chi connectivity index (χ3n) is 3.55. The van der Waals surface area contributed by atoms with Crippen LogP contribution < -0.4 is 9.47 Å². The molecule has 1 aliphatic rings. The van der Waals surface area contributed by atoms with Crippen molar-refractivity contribution in [3.8, 4) is 11.5 Å². The highest BCUT2D eigenvalue weighted by molar-refractivity contribution is 7.99.